The van der Waals surface area contributed by atoms with E-state index in [1.165, 1.54) is 10.4 Å². The molecule has 0 spiro atoms. The summed E-state index contributed by atoms with van der Waals surface area (Å²) < 4.78 is 34.8. The Morgan fingerprint density at radius 1 is 1.12 bits per heavy atom. The van der Waals surface area contributed by atoms with Crippen molar-refractivity contribution >= 4 is 33.3 Å². The van der Waals surface area contributed by atoms with Crippen molar-refractivity contribution in [1.29, 1.82) is 0 Å². The van der Waals surface area contributed by atoms with Crippen molar-refractivity contribution < 1.29 is 17.9 Å². The number of carbonyl (C=O) groups is 1. The molecule has 0 radical (unpaired) electrons. The molecule has 174 valence electrons. The second-order valence-corrected chi connectivity index (χ2v) is 9.93. The molecule has 0 saturated carbocycles. The number of ether oxygens (including phenoxy) is 1. The van der Waals surface area contributed by atoms with Gasteiger partial charge in [0, 0.05) is 29.7 Å². The number of aromatic nitrogens is 2. The number of nitrogens with zero attached hydrogens (tertiary/aromatic N) is 3. The first kappa shape index (κ1) is 23.4. The molecule has 1 aliphatic heterocycles. The summed E-state index contributed by atoms with van der Waals surface area (Å²) in [5, 5.41) is 7.72. The average Bonchev–Trinajstić information content (AvgIpc) is 3.27. The van der Waals surface area contributed by atoms with E-state index < -0.39 is 15.9 Å². The summed E-state index contributed by atoms with van der Waals surface area (Å²) >= 11 is 6.25. The van der Waals surface area contributed by atoms with Gasteiger partial charge in [-0.2, -0.15) is 9.40 Å². The molecule has 1 aromatic heterocycles. The Hall–Kier alpha value is -2.72. The molecule has 0 atom stereocenters. The van der Waals surface area contributed by atoms with Gasteiger partial charge in [-0.25, -0.2) is 13.1 Å². The fourth-order valence-electron chi connectivity index (χ4n) is 3.70. The van der Waals surface area contributed by atoms with Crippen molar-refractivity contribution in [1.82, 2.24) is 14.1 Å². The second kappa shape index (κ2) is 10.0. The lowest BCUT2D eigenvalue weighted by Gasteiger charge is -2.27. The van der Waals surface area contributed by atoms with Crippen LogP contribution < -0.4 is 5.32 Å². The molecule has 0 bridgehead atoms. The molecule has 2 heterocycles. The number of benzene rings is 2. The van der Waals surface area contributed by atoms with Gasteiger partial charge in [-0.1, -0.05) is 42.8 Å². The Morgan fingerprint density at radius 2 is 1.88 bits per heavy atom. The van der Waals surface area contributed by atoms with E-state index in [9.17, 15) is 13.2 Å². The van der Waals surface area contributed by atoms with Crippen LogP contribution in [-0.4, -0.2) is 54.7 Å². The molecule has 33 heavy (non-hydrogen) atoms. The number of carbonyl (C=O) groups excluding carboxylic acids is 1. The molecule has 1 fully saturated rings. The van der Waals surface area contributed by atoms with Gasteiger partial charge in [0.25, 0.3) is 5.91 Å². The predicted octanol–water partition coefficient (Wildman–Crippen LogP) is 3.42. The predicted molar refractivity (Wildman–Crippen MR) is 126 cm³/mol. The van der Waals surface area contributed by atoms with Crippen molar-refractivity contribution in [2.75, 3.05) is 31.6 Å². The molecule has 4 rings (SSSR count). The molecule has 1 saturated heterocycles. The molecule has 10 heteroatoms. The van der Waals surface area contributed by atoms with Crippen LogP contribution in [0.3, 0.4) is 0 Å². The lowest BCUT2D eigenvalue weighted by Crippen LogP contribution is -2.41. The van der Waals surface area contributed by atoms with Crippen LogP contribution in [0, 0.1) is 0 Å². The first-order valence-electron chi connectivity index (χ1n) is 10.7. The number of sulfonamides is 1. The zero-order chi connectivity index (χ0) is 23.4. The number of hydrogen-bond donors (Lipinski definition) is 1. The van der Waals surface area contributed by atoms with Crippen LogP contribution in [0.1, 0.15) is 28.4 Å². The maximum absolute atomic E-state index is 13.3. The van der Waals surface area contributed by atoms with Gasteiger partial charge < -0.3 is 10.1 Å². The summed E-state index contributed by atoms with van der Waals surface area (Å²) in [5.74, 6) is 0.0639. The van der Waals surface area contributed by atoms with Crippen LogP contribution in [0.25, 0.3) is 0 Å². The monoisotopic (exact) mass is 488 g/mol. The Kier molecular flexibility index (Phi) is 7.14. The third-order valence-corrected chi connectivity index (χ3v) is 7.88. The average molecular weight is 489 g/mol. The summed E-state index contributed by atoms with van der Waals surface area (Å²) in [5.41, 5.74) is 1.79. The molecule has 8 nitrogen and oxygen atoms in total. The van der Waals surface area contributed by atoms with Crippen molar-refractivity contribution in [3.8, 4) is 0 Å². The van der Waals surface area contributed by atoms with Crippen molar-refractivity contribution in [2.45, 2.75) is 24.8 Å². The molecule has 0 aliphatic carbocycles. The zero-order valence-corrected chi connectivity index (χ0v) is 19.8. The quantitative estimate of drug-likeness (QED) is 0.550. The minimum absolute atomic E-state index is 0.157. The van der Waals surface area contributed by atoms with Crippen molar-refractivity contribution in [3.05, 3.63) is 76.4 Å². The fourth-order valence-corrected chi connectivity index (χ4v) is 5.62. The van der Waals surface area contributed by atoms with Crippen molar-refractivity contribution in [3.63, 3.8) is 0 Å². The van der Waals surface area contributed by atoms with E-state index in [1.807, 2.05) is 25.1 Å². The van der Waals surface area contributed by atoms with Gasteiger partial charge in [0.05, 0.1) is 30.9 Å². The maximum Gasteiger partial charge on any atom is 0.256 e. The van der Waals surface area contributed by atoms with Crippen LogP contribution in [0.4, 0.5) is 5.82 Å². The Labute approximate surface area is 198 Å². The molecule has 1 amide bonds. The molecule has 1 N–H and O–H groups in total. The second-order valence-electron chi connectivity index (χ2n) is 7.61. The summed E-state index contributed by atoms with van der Waals surface area (Å²) in [6, 6.07) is 13.9. The number of anilines is 1. The number of halogens is 1. The van der Waals surface area contributed by atoms with E-state index in [4.69, 9.17) is 16.3 Å². The van der Waals surface area contributed by atoms with Gasteiger partial charge >= 0.3 is 0 Å². The number of rotatable bonds is 7. The topological polar surface area (TPSA) is 93.5 Å². The molecule has 3 aromatic rings. The van der Waals surface area contributed by atoms with Gasteiger partial charge in [0.2, 0.25) is 10.0 Å². The Balaban J connectivity index is 1.58. The molecule has 1 aliphatic rings. The number of morpholine rings is 1. The lowest BCUT2D eigenvalue weighted by molar-refractivity contribution is 0.0730. The summed E-state index contributed by atoms with van der Waals surface area (Å²) in [6.45, 7) is 3.58. The summed E-state index contributed by atoms with van der Waals surface area (Å²) in [7, 11) is -3.74. The van der Waals surface area contributed by atoms with Gasteiger partial charge in [0.1, 0.15) is 5.82 Å². The normalized spacial score (nSPS) is 14.8. The van der Waals surface area contributed by atoms with Gasteiger partial charge in [-0.05, 0) is 35.7 Å². The molecule has 0 unspecified atom stereocenters. The van der Waals surface area contributed by atoms with E-state index in [2.05, 4.69) is 10.4 Å². The summed E-state index contributed by atoms with van der Waals surface area (Å²) in [6.07, 6.45) is 2.12. The third kappa shape index (κ3) is 5.11. The van der Waals surface area contributed by atoms with E-state index in [0.717, 1.165) is 5.56 Å². The van der Waals surface area contributed by atoms with Crippen molar-refractivity contribution in [2.24, 2.45) is 0 Å². The number of hydrogen-bond acceptors (Lipinski definition) is 5. The third-order valence-electron chi connectivity index (χ3n) is 5.53. The highest BCUT2D eigenvalue weighted by Crippen LogP contribution is 2.24. The highest BCUT2D eigenvalue weighted by atomic mass is 35.5. The van der Waals surface area contributed by atoms with Crippen LogP contribution >= 0.6 is 11.6 Å². The largest absolute Gasteiger partial charge is 0.379 e. The van der Waals surface area contributed by atoms with E-state index in [-0.39, 0.29) is 10.5 Å². The minimum Gasteiger partial charge on any atom is -0.379 e. The van der Waals surface area contributed by atoms with E-state index >= 15 is 0 Å². The number of nitrogens with one attached hydrogen (secondary N) is 1. The number of aryl methyl sites for hydroxylation is 1. The SMILES string of the molecule is CCc1ccc(C(=O)Nc2ccnn2Cc2ccccc2Cl)cc1S(=O)(=O)N1CCOCC1. The smallest absolute Gasteiger partial charge is 0.256 e. The molecular weight excluding hydrogens is 464 g/mol. The minimum atomic E-state index is -3.74. The number of amides is 1. The fraction of sp³-hybridized carbons (Fsp3) is 0.304. The van der Waals surface area contributed by atoms with Gasteiger partial charge in [-0.3, -0.25) is 4.79 Å². The Bertz CT molecular complexity index is 1250. The summed E-state index contributed by atoms with van der Waals surface area (Å²) in [4.78, 5) is 13.2. The first-order chi connectivity index (χ1) is 15.9. The Morgan fingerprint density at radius 3 is 2.61 bits per heavy atom. The zero-order valence-electron chi connectivity index (χ0n) is 18.2. The standard InChI is InChI=1S/C23H25ClN4O4S/c1-2-17-7-8-18(15-21(17)33(30,31)27-11-13-32-14-12-27)23(29)26-22-9-10-25-28(22)16-19-5-3-4-6-20(19)24/h3-10,15H,2,11-14,16H2,1H3,(H,26,29). The molecule has 2 aromatic carbocycles. The lowest BCUT2D eigenvalue weighted by atomic mass is 10.1. The first-order valence-corrected chi connectivity index (χ1v) is 12.5. The van der Waals surface area contributed by atoms with Gasteiger partial charge in [-0.15, -0.1) is 0 Å². The van der Waals surface area contributed by atoms with Crippen LogP contribution in [0.15, 0.2) is 59.6 Å². The highest BCUT2D eigenvalue weighted by Gasteiger charge is 2.29. The van der Waals surface area contributed by atoms with E-state index in [0.29, 0.717) is 55.7 Å². The maximum atomic E-state index is 13.3. The van der Waals surface area contributed by atoms with E-state index in [1.54, 1.807) is 35.1 Å². The van der Waals surface area contributed by atoms with Crippen LogP contribution in [0.2, 0.25) is 5.02 Å². The molecular formula is C23H25ClN4O4S. The van der Waals surface area contributed by atoms with Crippen LogP contribution in [-0.2, 0) is 27.7 Å². The van der Waals surface area contributed by atoms with Gasteiger partial charge in [0.15, 0.2) is 0 Å². The van der Waals surface area contributed by atoms with Crippen LogP contribution in [0.5, 0.6) is 0 Å². The highest BCUT2D eigenvalue weighted by molar-refractivity contribution is 7.89.